The zero-order valence-corrected chi connectivity index (χ0v) is 18.6. The highest BCUT2D eigenvalue weighted by molar-refractivity contribution is 5.98. The van der Waals surface area contributed by atoms with Crippen molar-refractivity contribution < 1.29 is 28.6 Å². The van der Waals surface area contributed by atoms with Crippen LogP contribution in [0.4, 0.5) is 15.8 Å². The lowest BCUT2D eigenvalue weighted by Crippen LogP contribution is -2.28. The number of rotatable bonds is 7. The Kier molecular flexibility index (Phi) is 6.24. The van der Waals surface area contributed by atoms with Gasteiger partial charge in [-0.3, -0.25) is 14.4 Å². The van der Waals surface area contributed by atoms with Gasteiger partial charge < -0.3 is 20.5 Å². The first kappa shape index (κ1) is 23.2. The zero-order chi connectivity index (χ0) is 24.5. The molecule has 8 nitrogen and oxygen atoms in total. The van der Waals surface area contributed by atoms with Crippen LogP contribution in [0.2, 0.25) is 0 Å². The second-order valence-corrected chi connectivity index (χ2v) is 8.61. The van der Waals surface area contributed by atoms with Gasteiger partial charge in [-0.2, -0.15) is 0 Å². The molecule has 1 spiro atoms. The van der Waals surface area contributed by atoms with Gasteiger partial charge in [0.25, 0.3) is 5.91 Å². The summed E-state index contributed by atoms with van der Waals surface area (Å²) < 4.78 is 20.0. The summed E-state index contributed by atoms with van der Waals surface area (Å²) in [6, 6.07) is 7.64. The molecule has 1 heterocycles. The number of aliphatic carboxylic acids is 1. The van der Waals surface area contributed by atoms with Crippen molar-refractivity contribution in [1.82, 2.24) is 5.32 Å². The second-order valence-electron chi connectivity index (χ2n) is 8.61. The molecule has 0 unspecified atom stereocenters. The molecule has 3 N–H and O–H groups in total. The van der Waals surface area contributed by atoms with E-state index in [1.807, 2.05) is 0 Å². The number of hydrogen-bond donors (Lipinski definition) is 3. The molecule has 2 aromatic rings. The first-order chi connectivity index (χ1) is 16.3. The van der Waals surface area contributed by atoms with Crippen LogP contribution in [-0.2, 0) is 21.4 Å². The van der Waals surface area contributed by atoms with Crippen molar-refractivity contribution in [2.24, 2.45) is 5.92 Å². The molecule has 1 aliphatic carbocycles. The Labute approximate surface area is 195 Å². The molecule has 2 aromatic carbocycles. The van der Waals surface area contributed by atoms with Crippen molar-refractivity contribution in [3.05, 3.63) is 64.3 Å². The monoisotopic (exact) mass is 465 g/mol. The van der Waals surface area contributed by atoms with Gasteiger partial charge in [0.15, 0.2) is 5.69 Å². The summed E-state index contributed by atoms with van der Waals surface area (Å²) in [5.74, 6) is -2.42. The Morgan fingerprint density at radius 3 is 2.79 bits per heavy atom. The van der Waals surface area contributed by atoms with Crippen LogP contribution < -0.4 is 15.4 Å². The van der Waals surface area contributed by atoms with Crippen LogP contribution in [0.5, 0.6) is 5.75 Å². The van der Waals surface area contributed by atoms with Crippen molar-refractivity contribution >= 4 is 29.2 Å². The highest BCUT2D eigenvalue weighted by Gasteiger charge is 2.61. The maximum Gasteiger partial charge on any atom is 0.303 e. The van der Waals surface area contributed by atoms with Crippen LogP contribution in [0.25, 0.3) is 4.85 Å². The number of carbonyl (C=O) groups excluding carboxylic acids is 2. The van der Waals surface area contributed by atoms with E-state index in [0.717, 1.165) is 5.56 Å². The van der Waals surface area contributed by atoms with Gasteiger partial charge in [0.1, 0.15) is 11.6 Å². The van der Waals surface area contributed by atoms with Gasteiger partial charge in [0, 0.05) is 42.1 Å². The lowest BCUT2D eigenvalue weighted by atomic mass is 9.86. The summed E-state index contributed by atoms with van der Waals surface area (Å²) >= 11 is 0. The van der Waals surface area contributed by atoms with Crippen molar-refractivity contribution in [2.45, 2.75) is 37.5 Å². The maximum atomic E-state index is 14.4. The fourth-order valence-corrected chi connectivity index (χ4v) is 4.69. The number of anilines is 1. The number of carboxylic acid groups (broad SMARTS) is 1. The molecule has 0 aromatic heterocycles. The molecule has 2 atom stereocenters. The average Bonchev–Trinajstić information content (AvgIpc) is 3.53. The normalized spacial score (nSPS) is 20.0. The van der Waals surface area contributed by atoms with Crippen molar-refractivity contribution in [3.8, 4) is 5.75 Å². The predicted molar refractivity (Wildman–Crippen MR) is 122 cm³/mol. The largest absolute Gasteiger partial charge is 0.493 e. The second kappa shape index (κ2) is 9.14. The number of carbonyl (C=O) groups is 3. The lowest BCUT2D eigenvalue weighted by Gasteiger charge is -2.27. The number of hydrogen-bond acceptors (Lipinski definition) is 4. The van der Waals surface area contributed by atoms with E-state index in [-0.39, 0.29) is 17.9 Å². The molecule has 0 saturated heterocycles. The first-order valence-corrected chi connectivity index (χ1v) is 11.0. The number of aryl methyl sites for hydroxylation is 1. The molecule has 2 aliphatic rings. The minimum atomic E-state index is -0.894. The van der Waals surface area contributed by atoms with E-state index in [9.17, 15) is 18.8 Å². The van der Waals surface area contributed by atoms with E-state index < -0.39 is 29.0 Å². The van der Waals surface area contributed by atoms with E-state index in [1.54, 1.807) is 18.2 Å². The number of ether oxygens (including phenoxy) is 1. The molecule has 0 bridgehead atoms. The average molecular weight is 465 g/mol. The van der Waals surface area contributed by atoms with E-state index in [0.29, 0.717) is 55.0 Å². The molecule has 2 amide bonds. The van der Waals surface area contributed by atoms with Gasteiger partial charge in [-0.15, -0.1) is 0 Å². The van der Waals surface area contributed by atoms with Gasteiger partial charge in [0.05, 0.1) is 18.7 Å². The Balaban J connectivity index is 1.58. The van der Waals surface area contributed by atoms with E-state index in [1.165, 1.54) is 19.2 Å². The number of nitrogens with one attached hydrogen (secondary N) is 2. The SMILES string of the molecule is [C-]#[N+]c1ccc(CCCC(=O)O)c(NC(=O)[C@@H]2C[C@]23CCOc2cc(F)c(C(=O)NC)cc23)c1. The number of fused-ring (bicyclic) bond motifs is 2. The van der Waals surface area contributed by atoms with E-state index >= 15 is 0 Å². The van der Waals surface area contributed by atoms with Gasteiger partial charge in [-0.25, -0.2) is 9.24 Å². The standard InChI is InChI=1S/C25H24FN3O5/c1-27-15-7-6-14(4-3-5-22(30)31)20(10-15)29-24(33)18-13-25(18)8-9-34-21-12-19(26)16(11-17(21)25)23(32)28-2/h6-7,10-12,18H,3-5,8-9,13H2,2H3,(H,28,32)(H,29,33)(H,30,31)/t18-,25-/m0/s1. The number of amides is 2. The highest BCUT2D eigenvalue weighted by atomic mass is 19.1. The highest BCUT2D eigenvalue weighted by Crippen LogP contribution is 2.61. The minimum Gasteiger partial charge on any atom is -0.493 e. The first-order valence-electron chi connectivity index (χ1n) is 11.0. The summed E-state index contributed by atoms with van der Waals surface area (Å²) in [6.45, 7) is 7.60. The van der Waals surface area contributed by atoms with E-state index in [4.69, 9.17) is 16.4 Å². The third kappa shape index (κ3) is 4.31. The van der Waals surface area contributed by atoms with Crippen LogP contribution in [0, 0.1) is 18.3 Å². The quantitative estimate of drug-likeness (QED) is 0.539. The molecular weight excluding hydrogens is 441 g/mol. The lowest BCUT2D eigenvalue weighted by molar-refractivity contribution is -0.137. The fraction of sp³-hybridized carbons (Fsp3) is 0.360. The Morgan fingerprint density at radius 2 is 2.09 bits per heavy atom. The smallest absolute Gasteiger partial charge is 0.303 e. The summed E-state index contributed by atoms with van der Waals surface area (Å²) in [4.78, 5) is 39.6. The topological polar surface area (TPSA) is 109 Å². The fourth-order valence-electron chi connectivity index (χ4n) is 4.69. The molecular formula is C25H24FN3O5. The molecule has 176 valence electrons. The summed E-state index contributed by atoms with van der Waals surface area (Å²) in [7, 11) is 1.42. The van der Waals surface area contributed by atoms with Gasteiger partial charge in [0.2, 0.25) is 5.91 Å². The number of carboxylic acids is 1. The Hall–Kier alpha value is -3.93. The number of nitrogens with zero attached hydrogens (tertiary/aromatic N) is 1. The molecule has 4 rings (SSSR count). The molecule has 9 heteroatoms. The van der Waals surface area contributed by atoms with Crippen molar-refractivity contribution in [1.29, 1.82) is 0 Å². The summed E-state index contributed by atoms with van der Waals surface area (Å²) in [5.41, 5.74) is 1.62. The molecule has 1 saturated carbocycles. The van der Waals surface area contributed by atoms with Crippen LogP contribution in [0.1, 0.15) is 47.2 Å². The maximum absolute atomic E-state index is 14.4. The van der Waals surface area contributed by atoms with Crippen LogP contribution in [0.3, 0.4) is 0 Å². The zero-order valence-electron chi connectivity index (χ0n) is 18.6. The van der Waals surface area contributed by atoms with Crippen molar-refractivity contribution in [3.63, 3.8) is 0 Å². The predicted octanol–water partition coefficient (Wildman–Crippen LogP) is 3.82. The Morgan fingerprint density at radius 1 is 1.29 bits per heavy atom. The van der Waals surface area contributed by atoms with Gasteiger partial charge in [-0.05, 0) is 43.4 Å². The molecule has 34 heavy (non-hydrogen) atoms. The molecule has 1 fully saturated rings. The van der Waals surface area contributed by atoms with Gasteiger partial charge >= 0.3 is 5.97 Å². The third-order valence-corrected chi connectivity index (χ3v) is 6.59. The number of benzene rings is 2. The van der Waals surface area contributed by atoms with Gasteiger partial charge in [-0.1, -0.05) is 12.1 Å². The summed E-state index contributed by atoms with van der Waals surface area (Å²) in [6.07, 6.45) is 1.95. The van der Waals surface area contributed by atoms with Crippen LogP contribution in [0.15, 0.2) is 30.3 Å². The Bertz CT molecular complexity index is 1220. The third-order valence-electron chi connectivity index (χ3n) is 6.59. The van der Waals surface area contributed by atoms with Crippen molar-refractivity contribution in [2.75, 3.05) is 19.0 Å². The van der Waals surface area contributed by atoms with Crippen LogP contribution >= 0.6 is 0 Å². The molecule has 1 aliphatic heterocycles. The summed E-state index contributed by atoms with van der Waals surface area (Å²) in [5, 5.41) is 14.3. The molecule has 0 radical (unpaired) electrons. The van der Waals surface area contributed by atoms with E-state index in [2.05, 4.69) is 15.5 Å². The number of halogens is 1. The minimum absolute atomic E-state index is 0.00467. The van der Waals surface area contributed by atoms with Crippen LogP contribution in [-0.4, -0.2) is 36.5 Å².